The monoisotopic (exact) mass is 512 g/mol. The molecule has 0 aliphatic rings. The minimum absolute atomic E-state index is 0.172. The fourth-order valence-corrected chi connectivity index (χ4v) is 2.69. The van der Waals surface area contributed by atoms with Gasteiger partial charge >= 0.3 is 11.9 Å². The summed E-state index contributed by atoms with van der Waals surface area (Å²) in [5, 5.41) is 94.9. The first-order chi connectivity index (χ1) is 16.9. The number of aliphatic hydroxyl groups is 10. The van der Waals surface area contributed by atoms with Crippen LogP contribution in [0.2, 0.25) is 0 Å². The number of fused-ring (bicyclic) bond motifs is 1. The molecule has 0 spiro atoms. The minimum Gasteiger partial charge on any atom is -0.506 e. The lowest BCUT2D eigenvalue weighted by Gasteiger charge is -2.15. The second-order valence-electron chi connectivity index (χ2n) is 7.31. The van der Waals surface area contributed by atoms with E-state index in [4.69, 9.17) is 19.7 Å². The van der Waals surface area contributed by atoms with Crippen molar-refractivity contribution in [2.75, 3.05) is 13.2 Å². The van der Waals surface area contributed by atoms with Gasteiger partial charge in [0.05, 0.1) is 13.2 Å². The average Bonchev–Trinajstić information content (AvgIpc) is 2.88. The smallest absolute Gasteiger partial charge is 0.382 e. The summed E-state index contributed by atoms with van der Waals surface area (Å²) in [6.07, 6.45) is -8.06. The van der Waals surface area contributed by atoms with Crippen LogP contribution in [0, 0.1) is 0 Å². The largest absolute Gasteiger partial charge is 0.506 e. The number of hydrogen-bond donors (Lipinski definition) is 10. The van der Waals surface area contributed by atoms with Crippen molar-refractivity contribution in [2.45, 2.75) is 24.4 Å². The van der Waals surface area contributed by atoms with E-state index < -0.39 is 72.6 Å². The molecule has 0 heterocycles. The molecule has 4 atom stereocenters. The Morgan fingerprint density at radius 2 is 1.00 bits per heavy atom. The maximum Gasteiger partial charge on any atom is 0.382 e. The normalized spacial score (nSPS) is 16.3. The Labute approximate surface area is 202 Å². The van der Waals surface area contributed by atoms with Gasteiger partial charge in [0.2, 0.25) is 11.5 Å². The fraction of sp³-hybridized carbons (Fsp3) is 0.273. The molecule has 0 saturated carbocycles. The third-order valence-electron chi connectivity index (χ3n) is 4.74. The van der Waals surface area contributed by atoms with E-state index >= 15 is 0 Å². The van der Waals surface area contributed by atoms with Gasteiger partial charge in [-0.25, -0.2) is 9.59 Å². The van der Waals surface area contributed by atoms with E-state index in [0.29, 0.717) is 10.8 Å². The lowest BCUT2D eigenvalue weighted by molar-refractivity contribution is -0.134. The molecule has 2 rings (SSSR count). The molecule has 14 nitrogen and oxygen atoms in total. The molecule has 10 N–H and O–H groups in total. The van der Waals surface area contributed by atoms with Crippen LogP contribution in [0.5, 0.6) is 11.5 Å². The van der Waals surface area contributed by atoms with Crippen LogP contribution in [-0.4, -0.2) is 101 Å². The molecule has 14 heteroatoms. The van der Waals surface area contributed by atoms with E-state index in [1.165, 1.54) is 36.4 Å². The van der Waals surface area contributed by atoms with Crippen molar-refractivity contribution < 1.29 is 70.1 Å². The molecule has 0 bridgehead atoms. The van der Waals surface area contributed by atoms with Crippen molar-refractivity contribution in [1.29, 1.82) is 0 Å². The average molecular weight is 512 g/mol. The molecule has 0 aliphatic carbocycles. The second kappa shape index (κ2) is 12.2. The summed E-state index contributed by atoms with van der Waals surface area (Å²) >= 11 is 0. The first-order valence-electron chi connectivity index (χ1n) is 10.1. The molecule has 196 valence electrons. The molecule has 0 aliphatic heterocycles. The van der Waals surface area contributed by atoms with Gasteiger partial charge in [0, 0.05) is 0 Å². The summed E-state index contributed by atoms with van der Waals surface area (Å²) in [6.45, 7) is -1.94. The molecule has 2 aromatic carbocycles. The highest BCUT2D eigenvalue weighted by Gasteiger charge is 2.28. The zero-order chi connectivity index (χ0) is 27.2. The van der Waals surface area contributed by atoms with Crippen LogP contribution in [-0.2, 0) is 9.59 Å². The Balaban J connectivity index is 2.23. The number of benzene rings is 2. The number of esters is 2. The van der Waals surface area contributed by atoms with Crippen LogP contribution in [0.4, 0.5) is 0 Å². The lowest BCUT2D eigenvalue weighted by Crippen LogP contribution is -2.33. The summed E-state index contributed by atoms with van der Waals surface area (Å²) < 4.78 is 9.79. The van der Waals surface area contributed by atoms with E-state index in [1.54, 1.807) is 0 Å². The standard InChI is InChI=1S/C22H24O14/c23-7-13(25)15(27)17(29)19(31)21(33)35-11-3-1-9-2-4-12(6-10(9)5-11)36-22(34)20(32)18(30)16(28)14(26)8-24/h1-6,13-16,23-32H,7-8H2/b19-17+,20-18+. The van der Waals surface area contributed by atoms with E-state index in [1.807, 2.05) is 0 Å². The fourth-order valence-electron chi connectivity index (χ4n) is 2.69. The topological polar surface area (TPSA) is 255 Å². The zero-order valence-corrected chi connectivity index (χ0v) is 18.3. The Morgan fingerprint density at radius 1 is 0.639 bits per heavy atom. The van der Waals surface area contributed by atoms with E-state index in [2.05, 4.69) is 0 Å². The van der Waals surface area contributed by atoms with Crippen molar-refractivity contribution >= 4 is 22.7 Å². The molecule has 0 fully saturated rings. The summed E-state index contributed by atoms with van der Waals surface area (Å²) in [4.78, 5) is 24.1. The maximum atomic E-state index is 12.1. The van der Waals surface area contributed by atoms with Crippen molar-refractivity contribution in [1.82, 2.24) is 0 Å². The lowest BCUT2D eigenvalue weighted by atomic mass is 10.1. The molecule has 36 heavy (non-hydrogen) atoms. The van der Waals surface area contributed by atoms with Gasteiger partial charge in [-0.3, -0.25) is 0 Å². The van der Waals surface area contributed by atoms with E-state index in [0.717, 1.165) is 0 Å². The van der Waals surface area contributed by atoms with Gasteiger partial charge in [-0.1, -0.05) is 12.1 Å². The van der Waals surface area contributed by atoms with Crippen LogP contribution >= 0.6 is 0 Å². The first-order valence-corrected chi connectivity index (χ1v) is 10.1. The van der Waals surface area contributed by atoms with Crippen molar-refractivity contribution in [2.24, 2.45) is 0 Å². The number of aliphatic hydroxyl groups excluding tert-OH is 10. The van der Waals surface area contributed by atoms with Crippen LogP contribution < -0.4 is 9.47 Å². The third kappa shape index (κ3) is 6.60. The summed E-state index contributed by atoms with van der Waals surface area (Å²) in [5.41, 5.74) is 0. The van der Waals surface area contributed by atoms with Crippen LogP contribution in [0.1, 0.15) is 0 Å². The predicted octanol–water partition coefficient (Wildman–Crippen LogP) is -1.27. The molecule has 0 aromatic heterocycles. The molecular weight excluding hydrogens is 488 g/mol. The summed E-state index contributed by atoms with van der Waals surface area (Å²) in [5.74, 6) is -8.86. The zero-order valence-electron chi connectivity index (χ0n) is 18.3. The van der Waals surface area contributed by atoms with Gasteiger partial charge in [-0.15, -0.1) is 0 Å². The molecule has 0 radical (unpaired) electrons. The molecular formula is C22H24O14. The van der Waals surface area contributed by atoms with Gasteiger partial charge in [0.25, 0.3) is 0 Å². The van der Waals surface area contributed by atoms with Gasteiger partial charge < -0.3 is 60.5 Å². The van der Waals surface area contributed by atoms with Crippen molar-refractivity contribution in [3.8, 4) is 11.5 Å². The van der Waals surface area contributed by atoms with E-state index in [-0.39, 0.29) is 11.5 Å². The van der Waals surface area contributed by atoms with Crippen LogP contribution in [0.3, 0.4) is 0 Å². The highest BCUT2D eigenvalue weighted by Crippen LogP contribution is 2.26. The maximum absolute atomic E-state index is 12.1. The Kier molecular flexibility index (Phi) is 9.57. The number of ether oxygens (including phenoxy) is 2. The third-order valence-corrected chi connectivity index (χ3v) is 4.74. The SMILES string of the molecule is O=C(Oc1ccc2ccc(OC(=O)/C(O)=C(\O)C(O)C(O)CO)cc2c1)/C(O)=C(\O)C(O)C(O)CO. The van der Waals surface area contributed by atoms with E-state index in [9.17, 15) is 50.4 Å². The van der Waals surface area contributed by atoms with Gasteiger partial charge in [0.1, 0.15) is 35.9 Å². The summed E-state index contributed by atoms with van der Waals surface area (Å²) in [7, 11) is 0. The van der Waals surface area contributed by atoms with Crippen molar-refractivity contribution in [3.63, 3.8) is 0 Å². The predicted molar refractivity (Wildman–Crippen MR) is 118 cm³/mol. The molecule has 0 saturated heterocycles. The number of rotatable bonds is 10. The first kappa shape index (κ1) is 28.3. The summed E-state index contributed by atoms with van der Waals surface area (Å²) in [6, 6.07) is 8.03. The minimum atomic E-state index is -2.16. The second-order valence-corrected chi connectivity index (χ2v) is 7.31. The highest BCUT2D eigenvalue weighted by atomic mass is 16.6. The highest BCUT2D eigenvalue weighted by molar-refractivity contribution is 5.91. The quantitative estimate of drug-likeness (QED) is 0.0771. The molecule has 0 amide bonds. The Hall–Kier alpha value is -3.92. The van der Waals surface area contributed by atoms with Crippen LogP contribution in [0.15, 0.2) is 59.4 Å². The number of hydrogen-bond acceptors (Lipinski definition) is 14. The van der Waals surface area contributed by atoms with Gasteiger partial charge in [-0.05, 0) is 35.0 Å². The molecule has 2 aromatic rings. The number of carbonyl (C=O) groups is 2. The molecule has 4 unspecified atom stereocenters. The Bertz CT molecular complexity index is 1080. The van der Waals surface area contributed by atoms with Crippen molar-refractivity contribution in [3.05, 3.63) is 59.4 Å². The van der Waals surface area contributed by atoms with Gasteiger partial charge in [-0.2, -0.15) is 0 Å². The van der Waals surface area contributed by atoms with Crippen LogP contribution in [0.25, 0.3) is 10.8 Å². The van der Waals surface area contributed by atoms with Gasteiger partial charge in [0.15, 0.2) is 11.5 Å². The Morgan fingerprint density at radius 3 is 1.33 bits per heavy atom. The number of carbonyl (C=O) groups excluding carboxylic acids is 2.